The number of amides is 3. The Balaban J connectivity index is 1.49. The van der Waals surface area contributed by atoms with Crippen LogP contribution >= 0.6 is 0 Å². The van der Waals surface area contributed by atoms with Crippen molar-refractivity contribution in [2.75, 3.05) is 42.2 Å². The zero-order valence-corrected chi connectivity index (χ0v) is 18.7. The molecule has 0 radical (unpaired) electrons. The van der Waals surface area contributed by atoms with E-state index in [1.807, 2.05) is 52.1 Å². The monoisotopic (exact) mass is 423 g/mol. The van der Waals surface area contributed by atoms with Gasteiger partial charge in [-0.05, 0) is 62.6 Å². The van der Waals surface area contributed by atoms with Gasteiger partial charge in [0.05, 0.1) is 7.05 Å². The topological polar surface area (TPSA) is 82.9 Å². The van der Waals surface area contributed by atoms with Crippen LogP contribution in [0.5, 0.6) is 0 Å². The van der Waals surface area contributed by atoms with Gasteiger partial charge >= 0.3 is 0 Å². The maximum Gasteiger partial charge on any atom is 0.279 e. The van der Waals surface area contributed by atoms with Crippen LogP contribution in [0.3, 0.4) is 0 Å². The maximum atomic E-state index is 12.4. The first kappa shape index (κ1) is 22.5. The molecule has 0 spiro atoms. The zero-order valence-electron chi connectivity index (χ0n) is 18.7. The Labute approximate surface area is 183 Å². The highest BCUT2D eigenvalue weighted by Crippen LogP contribution is 2.23. The number of benzene rings is 2. The van der Waals surface area contributed by atoms with E-state index in [9.17, 15) is 14.4 Å². The average Bonchev–Trinajstić information content (AvgIpc) is 3.11. The lowest BCUT2D eigenvalue weighted by Gasteiger charge is -2.17. The second-order valence-electron chi connectivity index (χ2n) is 8.38. The smallest absolute Gasteiger partial charge is 0.279 e. The normalized spacial score (nSPS) is 14.5. The predicted molar refractivity (Wildman–Crippen MR) is 123 cm³/mol. The lowest BCUT2D eigenvalue weighted by Crippen LogP contribution is -3.11. The SMILES string of the molecule is Cc1cc(C)c(NC(=O)C[NH+](C)CC(=O)Nc2ccc(N3CCCC3=O)cc2)c(C)c1. The van der Waals surface area contributed by atoms with E-state index in [-0.39, 0.29) is 30.8 Å². The minimum Gasteiger partial charge on any atom is -0.322 e. The van der Waals surface area contributed by atoms with Crippen molar-refractivity contribution >= 4 is 34.8 Å². The third-order valence-electron chi connectivity index (χ3n) is 5.40. The maximum absolute atomic E-state index is 12.4. The van der Waals surface area contributed by atoms with E-state index in [0.29, 0.717) is 12.1 Å². The van der Waals surface area contributed by atoms with Crippen LogP contribution in [0.4, 0.5) is 17.1 Å². The van der Waals surface area contributed by atoms with Gasteiger partial charge in [0.1, 0.15) is 0 Å². The van der Waals surface area contributed by atoms with Crippen molar-refractivity contribution in [3.05, 3.63) is 53.1 Å². The molecule has 1 aliphatic heterocycles. The molecule has 3 N–H and O–H groups in total. The Morgan fingerprint density at radius 3 is 2.10 bits per heavy atom. The van der Waals surface area contributed by atoms with Crippen molar-refractivity contribution in [3.63, 3.8) is 0 Å². The van der Waals surface area contributed by atoms with Gasteiger partial charge in [0.25, 0.3) is 11.8 Å². The summed E-state index contributed by atoms with van der Waals surface area (Å²) in [5.74, 6) is -0.158. The zero-order chi connectivity index (χ0) is 22.5. The van der Waals surface area contributed by atoms with Gasteiger partial charge in [-0.2, -0.15) is 0 Å². The van der Waals surface area contributed by atoms with Crippen LogP contribution in [-0.2, 0) is 14.4 Å². The second-order valence-corrected chi connectivity index (χ2v) is 8.38. The van der Waals surface area contributed by atoms with E-state index in [1.165, 1.54) is 0 Å². The van der Waals surface area contributed by atoms with E-state index in [2.05, 4.69) is 10.6 Å². The largest absolute Gasteiger partial charge is 0.322 e. The quantitative estimate of drug-likeness (QED) is 0.635. The molecule has 0 aliphatic carbocycles. The first-order valence-corrected chi connectivity index (χ1v) is 10.6. The summed E-state index contributed by atoms with van der Waals surface area (Å²) in [6, 6.07) is 11.4. The summed E-state index contributed by atoms with van der Waals surface area (Å²) in [5, 5.41) is 5.83. The van der Waals surface area contributed by atoms with Gasteiger partial charge < -0.3 is 20.4 Å². The number of carbonyl (C=O) groups excluding carboxylic acids is 3. The Hall–Kier alpha value is -3.19. The summed E-state index contributed by atoms with van der Waals surface area (Å²) in [5.41, 5.74) is 5.57. The Kier molecular flexibility index (Phi) is 7.07. The molecule has 1 aliphatic rings. The van der Waals surface area contributed by atoms with Crippen LogP contribution in [-0.4, -0.2) is 44.4 Å². The highest BCUT2D eigenvalue weighted by atomic mass is 16.2. The standard InChI is InChI=1S/C24H30N4O3/c1-16-12-17(2)24(18(3)13-16)26-22(30)15-27(4)14-21(29)25-19-7-9-20(10-8-19)28-11-5-6-23(28)31/h7-10,12-13H,5-6,11,14-15H2,1-4H3,(H,25,29)(H,26,30)/p+1. The fraction of sp³-hybridized carbons (Fsp3) is 0.375. The molecule has 7 heteroatoms. The third kappa shape index (κ3) is 5.92. The number of likely N-dealkylation sites (N-methyl/N-ethyl adjacent to an activating group) is 1. The molecule has 1 fully saturated rings. The van der Waals surface area contributed by atoms with Crippen LogP contribution < -0.4 is 20.4 Å². The number of aryl methyl sites for hydroxylation is 3. The van der Waals surface area contributed by atoms with Crippen molar-refractivity contribution in [2.45, 2.75) is 33.6 Å². The summed E-state index contributed by atoms with van der Waals surface area (Å²) < 4.78 is 0. The number of hydrogen-bond donors (Lipinski definition) is 3. The molecule has 3 rings (SSSR count). The number of nitrogens with one attached hydrogen (secondary N) is 3. The lowest BCUT2D eigenvalue weighted by atomic mass is 10.1. The van der Waals surface area contributed by atoms with Crippen molar-refractivity contribution in [1.82, 2.24) is 0 Å². The molecular formula is C24H31N4O3+. The molecule has 2 aromatic carbocycles. The highest BCUT2D eigenvalue weighted by molar-refractivity contribution is 5.96. The molecule has 0 bridgehead atoms. The summed E-state index contributed by atoms with van der Waals surface area (Å²) in [4.78, 5) is 39.2. The van der Waals surface area contributed by atoms with Gasteiger partial charge in [-0.15, -0.1) is 0 Å². The number of anilines is 3. The molecule has 0 saturated carbocycles. The summed E-state index contributed by atoms with van der Waals surface area (Å²) in [6.07, 6.45) is 1.47. The van der Waals surface area contributed by atoms with Gasteiger partial charge in [0.15, 0.2) is 13.1 Å². The molecule has 1 heterocycles. The molecule has 31 heavy (non-hydrogen) atoms. The second kappa shape index (κ2) is 9.75. The van der Waals surface area contributed by atoms with Gasteiger partial charge in [0.2, 0.25) is 5.91 Å². The van der Waals surface area contributed by atoms with Gasteiger partial charge in [-0.3, -0.25) is 14.4 Å². The van der Waals surface area contributed by atoms with Crippen molar-refractivity contribution in [1.29, 1.82) is 0 Å². The van der Waals surface area contributed by atoms with Crippen LogP contribution in [0, 0.1) is 20.8 Å². The lowest BCUT2D eigenvalue weighted by molar-refractivity contribution is -0.862. The van der Waals surface area contributed by atoms with Crippen molar-refractivity contribution in [2.24, 2.45) is 0 Å². The summed E-state index contributed by atoms with van der Waals surface area (Å²) in [6.45, 7) is 7.08. The average molecular weight is 424 g/mol. The number of quaternary nitrogens is 1. The van der Waals surface area contributed by atoms with Crippen molar-refractivity contribution < 1.29 is 19.3 Å². The number of carbonyl (C=O) groups is 3. The predicted octanol–water partition coefficient (Wildman–Crippen LogP) is 1.83. The van der Waals surface area contributed by atoms with Crippen LogP contribution in [0.25, 0.3) is 0 Å². The van der Waals surface area contributed by atoms with E-state index >= 15 is 0 Å². The molecule has 0 aromatic heterocycles. The first-order valence-electron chi connectivity index (χ1n) is 10.6. The number of rotatable bonds is 7. The van der Waals surface area contributed by atoms with Crippen molar-refractivity contribution in [3.8, 4) is 0 Å². The minimum absolute atomic E-state index is 0.125. The molecule has 164 valence electrons. The number of hydrogen-bond acceptors (Lipinski definition) is 3. The van der Waals surface area contributed by atoms with Gasteiger partial charge in [-0.1, -0.05) is 17.7 Å². The molecule has 1 saturated heterocycles. The number of nitrogens with zero attached hydrogens (tertiary/aromatic N) is 1. The third-order valence-corrected chi connectivity index (χ3v) is 5.40. The Morgan fingerprint density at radius 1 is 0.968 bits per heavy atom. The fourth-order valence-electron chi connectivity index (χ4n) is 4.02. The van der Waals surface area contributed by atoms with Crippen LogP contribution in [0.15, 0.2) is 36.4 Å². The van der Waals surface area contributed by atoms with Gasteiger partial charge in [0, 0.05) is 30.0 Å². The van der Waals surface area contributed by atoms with E-state index in [0.717, 1.165) is 45.9 Å². The summed E-state index contributed by atoms with van der Waals surface area (Å²) >= 11 is 0. The summed E-state index contributed by atoms with van der Waals surface area (Å²) in [7, 11) is 1.82. The Morgan fingerprint density at radius 2 is 1.55 bits per heavy atom. The van der Waals surface area contributed by atoms with Gasteiger partial charge in [-0.25, -0.2) is 0 Å². The molecule has 7 nitrogen and oxygen atoms in total. The van der Waals surface area contributed by atoms with E-state index in [1.54, 1.807) is 17.0 Å². The van der Waals surface area contributed by atoms with Crippen LogP contribution in [0.1, 0.15) is 29.5 Å². The molecular weight excluding hydrogens is 392 g/mol. The van der Waals surface area contributed by atoms with E-state index < -0.39 is 0 Å². The molecule has 1 atom stereocenters. The molecule has 1 unspecified atom stereocenters. The fourth-order valence-corrected chi connectivity index (χ4v) is 4.02. The first-order chi connectivity index (χ1) is 14.7. The molecule has 3 amide bonds. The van der Waals surface area contributed by atoms with Crippen LogP contribution in [0.2, 0.25) is 0 Å². The highest BCUT2D eigenvalue weighted by Gasteiger charge is 2.21. The Bertz CT molecular complexity index is 962. The molecule has 2 aromatic rings. The minimum atomic E-state index is -0.169. The van der Waals surface area contributed by atoms with E-state index in [4.69, 9.17) is 0 Å².